The van der Waals surface area contributed by atoms with Crippen LogP contribution in [-0.4, -0.2) is 31.7 Å². The van der Waals surface area contributed by atoms with Crippen LogP contribution >= 0.6 is 11.6 Å². The molecule has 0 bridgehead atoms. The number of hydrogen-bond acceptors (Lipinski definition) is 3. The minimum atomic E-state index is -0.168. The van der Waals surface area contributed by atoms with Crippen LogP contribution in [0.2, 0.25) is 5.02 Å². The molecule has 0 saturated carbocycles. The first-order valence-corrected chi connectivity index (χ1v) is 7.37. The van der Waals surface area contributed by atoms with Crippen molar-refractivity contribution in [1.29, 1.82) is 0 Å². The number of aryl methyl sites for hydroxylation is 1. The molecule has 1 heterocycles. The van der Waals surface area contributed by atoms with Crippen LogP contribution in [0.4, 0.5) is 5.69 Å². The van der Waals surface area contributed by atoms with E-state index in [1.165, 1.54) is 0 Å². The Balaban J connectivity index is 2.00. The number of carbonyl (C=O) groups excluding carboxylic acids is 1. The lowest BCUT2D eigenvalue weighted by Gasteiger charge is -2.18. The van der Waals surface area contributed by atoms with Crippen molar-refractivity contribution in [1.82, 2.24) is 5.32 Å². The molecule has 1 aromatic rings. The molecule has 0 aliphatic carbocycles. The largest absolute Gasteiger partial charge is 0.379 e. The first kappa shape index (κ1) is 15.3. The predicted octanol–water partition coefficient (Wildman–Crippen LogP) is 2.60. The molecule has 1 amide bonds. The van der Waals surface area contributed by atoms with Crippen LogP contribution in [0.3, 0.4) is 0 Å². The number of nitrogens with one attached hydrogen (secondary N) is 2. The molecule has 1 aromatic carbocycles. The van der Waals surface area contributed by atoms with E-state index in [0.717, 1.165) is 18.5 Å². The van der Waals surface area contributed by atoms with Crippen LogP contribution < -0.4 is 10.6 Å². The van der Waals surface area contributed by atoms with Gasteiger partial charge in [0.25, 0.3) is 0 Å². The summed E-state index contributed by atoms with van der Waals surface area (Å²) in [5.41, 5.74) is 1.73. The molecule has 2 atom stereocenters. The molecule has 2 N–H and O–H groups in total. The quantitative estimate of drug-likeness (QED) is 0.878. The van der Waals surface area contributed by atoms with Crippen molar-refractivity contribution in [3.63, 3.8) is 0 Å². The van der Waals surface area contributed by atoms with E-state index in [4.69, 9.17) is 16.3 Å². The van der Waals surface area contributed by atoms with Gasteiger partial charge in [0.1, 0.15) is 0 Å². The Kier molecular flexibility index (Phi) is 5.40. The maximum Gasteiger partial charge on any atom is 0.231 e. The lowest BCUT2D eigenvalue weighted by Crippen LogP contribution is -2.41. The summed E-state index contributed by atoms with van der Waals surface area (Å²) in [5.74, 6) is -0.208. The lowest BCUT2D eigenvalue weighted by molar-refractivity contribution is -0.120. The minimum Gasteiger partial charge on any atom is -0.379 e. The van der Waals surface area contributed by atoms with Gasteiger partial charge in [-0.1, -0.05) is 24.6 Å². The molecule has 1 aliphatic rings. The average Bonchev–Trinajstić information content (AvgIpc) is 2.88. The molecule has 0 radical (unpaired) electrons. The van der Waals surface area contributed by atoms with Crippen LogP contribution in [0.1, 0.15) is 18.9 Å². The number of ether oxygens (including phenoxy) is 1. The second-order valence-electron chi connectivity index (χ2n) is 5.18. The Hall–Kier alpha value is -1.10. The average molecular weight is 297 g/mol. The maximum atomic E-state index is 12.3. The van der Waals surface area contributed by atoms with E-state index in [0.29, 0.717) is 23.9 Å². The van der Waals surface area contributed by atoms with E-state index < -0.39 is 0 Å². The first-order valence-electron chi connectivity index (χ1n) is 7.00. The van der Waals surface area contributed by atoms with E-state index in [1.807, 2.05) is 25.1 Å². The van der Waals surface area contributed by atoms with Gasteiger partial charge in [0.15, 0.2) is 0 Å². The van der Waals surface area contributed by atoms with Gasteiger partial charge in [0.2, 0.25) is 5.91 Å². The molecule has 20 heavy (non-hydrogen) atoms. The number of carbonyl (C=O) groups is 1. The fraction of sp³-hybridized carbons (Fsp3) is 0.533. The highest BCUT2D eigenvalue weighted by Gasteiger charge is 2.33. The van der Waals surface area contributed by atoms with E-state index in [1.54, 1.807) is 0 Å². The van der Waals surface area contributed by atoms with Crippen LogP contribution in [0, 0.1) is 12.8 Å². The Labute approximate surface area is 124 Å². The number of anilines is 1. The number of halogens is 1. The van der Waals surface area contributed by atoms with Gasteiger partial charge < -0.3 is 15.4 Å². The third kappa shape index (κ3) is 3.72. The summed E-state index contributed by atoms with van der Waals surface area (Å²) in [6, 6.07) is 5.69. The SMILES string of the molecule is CCCNC1COCC1C(=O)Nc1ccc(C)cc1Cl. The predicted molar refractivity (Wildman–Crippen MR) is 81.2 cm³/mol. The Morgan fingerprint density at radius 1 is 1.45 bits per heavy atom. The van der Waals surface area contributed by atoms with Crippen molar-refractivity contribution in [2.75, 3.05) is 25.1 Å². The highest BCUT2D eigenvalue weighted by molar-refractivity contribution is 6.33. The van der Waals surface area contributed by atoms with Gasteiger partial charge in [-0.3, -0.25) is 4.79 Å². The molecule has 0 spiro atoms. The first-order chi connectivity index (χ1) is 9.61. The molecular weight excluding hydrogens is 276 g/mol. The molecule has 4 nitrogen and oxygen atoms in total. The highest BCUT2D eigenvalue weighted by atomic mass is 35.5. The lowest BCUT2D eigenvalue weighted by atomic mass is 10.0. The molecule has 110 valence electrons. The van der Waals surface area contributed by atoms with E-state index in [-0.39, 0.29) is 17.9 Å². The van der Waals surface area contributed by atoms with E-state index in [9.17, 15) is 4.79 Å². The Morgan fingerprint density at radius 3 is 2.95 bits per heavy atom. The van der Waals surface area contributed by atoms with Gasteiger partial charge in [-0.05, 0) is 37.6 Å². The summed E-state index contributed by atoms with van der Waals surface area (Å²) in [6.45, 7) is 6.00. The topological polar surface area (TPSA) is 50.4 Å². The van der Waals surface area contributed by atoms with Crippen LogP contribution in [-0.2, 0) is 9.53 Å². The van der Waals surface area contributed by atoms with Gasteiger partial charge >= 0.3 is 0 Å². The van der Waals surface area contributed by atoms with Gasteiger partial charge in [0.05, 0.1) is 29.8 Å². The number of hydrogen-bond donors (Lipinski definition) is 2. The van der Waals surface area contributed by atoms with Gasteiger partial charge in [0, 0.05) is 6.04 Å². The number of amides is 1. The zero-order valence-electron chi connectivity index (χ0n) is 11.9. The molecule has 1 fully saturated rings. The van der Waals surface area contributed by atoms with Crippen molar-refractivity contribution in [2.24, 2.45) is 5.92 Å². The van der Waals surface area contributed by atoms with Gasteiger partial charge in [-0.15, -0.1) is 0 Å². The molecule has 2 rings (SSSR count). The minimum absolute atomic E-state index is 0.0399. The van der Waals surface area contributed by atoms with Crippen LogP contribution in [0.15, 0.2) is 18.2 Å². The van der Waals surface area contributed by atoms with Crippen molar-refractivity contribution in [3.8, 4) is 0 Å². The molecular formula is C15H21ClN2O2. The number of benzene rings is 1. The van der Waals surface area contributed by atoms with Crippen molar-refractivity contribution in [3.05, 3.63) is 28.8 Å². The zero-order valence-corrected chi connectivity index (χ0v) is 12.7. The Bertz CT molecular complexity index is 479. The van der Waals surface area contributed by atoms with Gasteiger partial charge in [-0.2, -0.15) is 0 Å². The van der Waals surface area contributed by atoms with Gasteiger partial charge in [-0.25, -0.2) is 0 Å². The van der Waals surface area contributed by atoms with Crippen molar-refractivity contribution >= 4 is 23.2 Å². The second-order valence-corrected chi connectivity index (χ2v) is 5.58. The van der Waals surface area contributed by atoms with Crippen molar-refractivity contribution < 1.29 is 9.53 Å². The molecule has 2 unspecified atom stereocenters. The number of rotatable bonds is 5. The second kappa shape index (κ2) is 7.07. The smallest absolute Gasteiger partial charge is 0.231 e. The standard InChI is InChI=1S/C15H21ClN2O2/c1-3-6-17-14-9-20-8-11(14)15(19)18-13-5-4-10(2)7-12(13)16/h4-5,7,11,14,17H,3,6,8-9H2,1-2H3,(H,18,19). The maximum absolute atomic E-state index is 12.3. The summed E-state index contributed by atoms with van der Waals surface area (Å²) < 4.78 is 5.42. The normalized spacial score (nSPS) is 21.9. The monoisotopic (exact) mass is 296 g/mol. The van der Waals surface area contributed by atoms with Crippen LogP contribution in [0.25, 0.3) is 0 Å². The summed E-state index contributed by atoms with van der Waals surface area (Å²) >= 11 is 6.14. The third-order valence-electron chi connectivity index (χ3n) is 3.46. The zero-order chi connectivity index (χ0) is 14.5. The molecule has 5 heteroatoms. The summed E-state index contributed by atoms with van der Waals surface area (Å²) in [6.07, 6.45) is 1.04. The van der Waals surface area contributed by atoms with Crippen molar-refractivity contribution in [2.45, 2.75) is 26.3 Å². The van der Waals surface area contributed by atoms with E-state index in [2.05, 4.69) is 17.6 Å². The summed E-state index contributed by atoms with van der Waals surface area (Å²) in [4.78, 5) is 12.3. The molecule has 1 saturated heterocycles. The summed E-state index contributed by atoms with van der Waals surface area (Å²) in [5, 5.41) is 6.81. The highest BCUT2D eigenvalue weighted by Crippen LogP contribution is 2.24. The molecule has 1 aliphatic heterocycles. The Morgan fingerprint density at radius 2 is 2.25 bits per heavy atom. The summed E-state index contributed by atoms with van der Waals surface area (Å²) in [7, 11) is 0. The molecule has 0 aromatic heterocycles. The third-order valence-corrected chi connectivity index (χ3v) is 3.77. The van der Waals surface area contributed by atoms with Crippen LogP contribution in [0.5, 0.6) is 0 Å². The fourth-order valence-corrected chi connectivity index (χ4v) is 2.57. The van der Waals surface area contributed by atoms with E-state index >= 15 is 0 Å². The fourth-order valence-electron chi connectivity index (χ4n) is 2.29.